The Morgan fingerprint density at radius 2 is 0.467 bits per heavy atom. The van der Waals surface area contributed by atoms with Gasteiger partial charge in [0.2, 0.25) is 11.8 Å². The highest BCUT2D eigenvalue weighted by Gasteiger charge is 2.19. The van der Waals surface area contributed by atoms with Crippen molar-refractivity contribution in [3.8, 4) is 0 Å². The summed E-state index contributed by atoms with van der Waals surface area (Å²) in [4.78, 5) is 83.2. The lowest BCUT2D eigenvalue weighted by atomic mass is 10.0. The Bertz CT molecular complexity index is 1790. The summed E-state index contributed by atoms with van der Waals surface area (Å²) in [6.45, 7) is 24.7. The summed E-state index contributed by atoms with van der Waals surface area (Å²) in [5, 5.41) is 6.10. The largest absolute Gasteiger partial charge is 0.465 e. The molecule has 2 unspecified atom stereocenters. The Morgan fingerprint density at radius 3 is 0.738 bits per heavy atom. The SMILES string of the molecule is CCCCCCCCCC(C)COC(=O)CCCCCN(CCCCCCCC(=O)OC(CCCCCCCC)CCCCCCCC)CCNC(=O)CC(=O)NCCN(CCCCCCCC(=O)OC(CCCCCCCC)CCCCCCCC)CCCCCC(=O)OCC(C)CCCCCCCCC. The molecule has 0 bridgehead atoms. The Hall–Kier alpha value is -3.26. The van der Waals surface area contributed by atoms with Crippen molar-refractivity contribution in [2.75, 3.05) is 65.6 Å². The highest BCUT2D eigenvalue weighted by atomic mass is 16.6. The van der Waals surface area contributed by atoms with Crippen LogP contribution >= 0.6 is 0 Å². The van der Waals surface area contributed by atoms with Gasteiger partial charge in [0.1, 0.15) is 18.6 Å². The maximum atomic E-state index is 13.3. The summed E-state index contributed by atoms with van der Waals surface area (Å²) in [5.41, 5.74) is 0. The van der Waals surface area contributed by atoms with Crippen LogP contribution in [0.2, 0.25) is 0 Å². The highest BCUT2D eigenvalue weighted by Crippen LogP contribution is 2.23. The average molecular weight is 1510 g/mol. The van der Waals surface area contributed by atoms with Gasteiger partial charge in [-0.05, 0) is 154 Å². The third-order valence-corrected chi connectivity index (χ3v) is 22.0. The lowest BCUT2D eigenvalue weighted by Gasteiger charge is -2.23. The van der Waals surface area contributed by atoms with Crippen LogP contribution in [-0.2, 0) is 47.7 Å². The van der Waals surface area contributed by atoms with Crippen molar-refractivity contribution in [2.45, 2.75) is 485 Å². The molecule has 0 aliphatic heterocycles. The molecular weight excluding hydrogens is 1330 g/mol. The molecule has 0 rings (SSSR count). The first kappa shape index (κ1) is 104. The van der Waals surface area contributed by atoms with Crippen LogP contribution in [0.25, 0.3) is 0 Å². The molecule has 0 aromatic carbocycles. The zero-order valence-corrected chi connectivity index (χ0v) is 72.3. The van der Waals surface area contributed by atoms with E-state index in [9.17, 15) is 28.8 Å². The van der Waals surface area contributed by atoms with Crippen LogP contribution in [0, 0.1) is 11.8 Å². The molecule has 2 N–H and O–H groups in total. The number of esters is 4. The maximum Gasteiger partial charge on any atom is 0.306 e. The van der Waals surface area contributed by atoms with E-state index in [2.05, 4.69) is 75.8 Å². The molecule has 2 amide bonds. The molecule has 0 fully saturated rings. The summed E-state index contributed by atoms with van der Waals surface area (Å²) in [5.74, 6) is -0.0481. The summed E-state index contributed by atoms with van der Waals surface area (Å²) < 4.78 is 23.7. The molecule has 0 aromatic heterocycles. The summed E-state index contributed by atoms with van der Waals surface area (Å²) in [6.07, 6.45) is 71.2. The number of hydrogen-bond donors (Lipinski definition) is 2. The lowest BCUT2D eigenvalue weighted by molar-refractivity contribution is -0.151. The summed E-state index contributed by atoms with van der Waals surface area (Å²) >= 11 is 0. The van der Waals surface area contributed by atoms with Gasteiger partial charge in [-0.3, -0.25) is 28.8 Å². The van der Waals surface area contributed by atoms with E-state index in [0.29, 0.717) is 76.9 Å². The second-order valence-corrected chi connectivity index (χ2v) is 33.1. The number of nitrogens with one attached hydrogen (secondary N) is 2. The third-order valence-electron chi connectivity index (χ3n) is 22.0. The Balaban J connectivity index is 5.52. The monoisotopic (exact) mass is 1510 g/mol. The van der Waals surface area contributed by atoms with Gasteiger partial charge in [-0.1, -0.05) is 325 Å². The fraction of sp³-hybridized carbons (Fsp3) is 0.935. The molecule has 0 radical (unpaired) electrons. The normalized spacial score (nSPS) is 12.2. The first-order chi connectivity index (χ1) is 52.3. The minimum atomic E-state index is -0.278. The predicted octanol–water partition coefficient (Wildman–Crippen LogP) is 25.5. The number of nitrogens with zero attached hydrogens (tertiary/aromatic N) is 2. The van der Waals surface area contributed by atoms with Crippen molar-refractivity contribution in [1.29, 1.82) is 0 Å². The van der Waals surface area contributed by atoms with E-state index in [1.807, 2.05) is 0 Å². The Morgan fingerprint density at radius 1 is 0.252 bits per heavy atom. The van der Waals surface area contributed by atoms with E-state index in [1.54, 1.807) is 0 Å². The number of rotatable bonds is 86. The fourth-order valence-electron chi connectivity index (χ4n) is 14.8. The predicted molar refractivity (Wildman–Crippen MR) is 453 cm³/mol. The Labute approximate surface area is 662 Å². The lowest BCUT2D eigenvalue weighted by Crippen LogP contribution is -2.40. The van der Waals surface area contributed by atoms with Gasteiger partial charge in [0, 0.05) is 51.9 Å². The van der Waals surface area contributed by atoms with Crippen molar-refractivity contribution in [1.82, 2.24) is 20.4 Å². The van der Waals surface area contributed by atoms with Crippen molar-refractivity contribution < 1.29 is 47.7 Å². The van der Waals surface area contributed by atoms with Crippen molar-refractivity contribution in [2.24, 2.45) is 11.8 Å². The number of carbonyl (C=O) groups excluding carboxylic acids is 6. The number of ether oxygens (including phenoxy) is 4. The van der Waals surface area contributed by atoms with Crippen LogP contribution in [0.15, 0.2) is 0 Å². The molecular formula is C93H180N4O10. The molecule has 0 saturated carbocycles. The van der Waals surface area contributed by atoms with E-state index in [-0.39, 0.29) is 54.3 Å². The molecule has 0 aromatic rings. The van der Waals surface area contributed by atoms with Crippen LogP contribution < -0.4 is 10.6 Å². The standard InChI is InChI=1S/C93H180N4O10/c1-9-15-21-27-33-37-49-63-84(7)82-104-90(100)69-57-47-61-77-96(75-59-45-35-43-55-71-92(102)106-86(65-51-39-29-23-17-11-3)66-52-40-30-24-18-12-4)79-73-94-88(98)81-89(99)95-74-80-97(78-62-48-58-70-91(101)105-83-85(8)64-50-38-34-28-22-16-10-2)76-60-46-36-44-56-72-93(103)107-87(67-53-41-31-25-19-13-5)68-54-42-32-26-20-14-6/h84-87H,9-83H2,1-8H3,(H,94,98)(H,95,99). The number of unbranched alkanes of at least 4 members (excludes halogenated alkanes) is 44. The van der Waals surface area contributed by atoms with Gasteiger partial charge in [-0.15, -0.1) is 0 Å². The minimum absolute atomic E-state index is 0.0312. The number of hydrogen-bond acceptors (Lipinski definition) is 12. The van der Waals surface area contributed by atoms with E-state index < -0.39 is 0 Å². The first-order valence-electron chi connectivity index (χ1n) is 47.0. The molecule has 0 spiro atoms. The van der Waals surface area contributed by atoms with Gasteiger partial charge in [0.05, 0.1) is 13.2 Å². The van der Waals surface area contributed by atoms with Crippen LogP contribution in [0.3, 0.4) is 0 Å². The smallest absolute Gasteiger partial charge is 0.306 e. The zero-order chi connectivity index (χ0) is 78.2. The van der Waals surface area contributed by atoms with Crippen LogP contribution in [0.5, 0.6) is 0 Å². The van der Waals surface area contributed by atoms with Crippen LogP contribution in [0.1, 0.15) is 473 Å². The molecule has 0 aliphatic carbocycles. The molecule has 0 aliphatic rings. The second-order valence-electron chi connectivity index (χ2n) is 33.1. The molecule has 0 saturated heterocycles. The summed E-state index contributed by atoms with van der Waals surface area (Å²) in [7, 11) is 0. The molecule has 0 heterocycles. The van der Waals surface area contributed by atoms with Gasteiger partial charge in [-0.25, -0.2) is 0 Å². The molecule has 14 heteroatoms. The fourth-order valence-corrected chi connectivity index (χ4v) is 14.8. The van der Waals surface area contributed by atoms with Crippen molar-refractivity contribution >= 4 is 35.7 Å². The van der Waals surface area contributed by atoms with E-state index in [0.717, 1.165) is 193 Å². The van der Waals surface area contributed by atoms with E-state index in [1.165, 1.54) is 218 Å². The highest BCUT2D eigenvalue weighted by molar-refractivity contribution is 5.96. The third kappa shape index (κ3) is 76.5. The van der Waals surface area contributed by atoms with Crippen LogP contribution in [-0.4, -0.2) is 123 Å². The average Bonchev–Trinajstić information content (AvgIpc) is 1.13. The first-order valence-corrected chi connectivity index (χ1v) is 47.0. The molecule has 14 nitrogen and oxygen atoms in total. The van der Waals surface area contributed by atoms with Crippen molar-refractivity contribution in [3.63, 3.8) is 0 Å². The molecule has 632 valence electrons. The van der Waals surface area contributed by atoms with E-state index >= 15 is 0 Å². The summed E-state index contributed by atoms with van der Waals surface area (Å²) in [6, 6.07) is 0. The van der Waals surface area contributed by atoms with E-state index in [4.69, 9.17) is 18.9 Å². The Kier molecular flexibility index (Phi) is 79.7. The molecule has 2 atom stereocenters. The maximum absolute atomic E-state index is 13.3. The van der Waals surface area contributed by atoms with Gasteiger partial charge < -0.3 is 39.4 Å². The van der Waals surface area contributed by atoms with Gasteiger partial charge in [0.25, 0.3) is 0 Å². The van der Waals surface area contributed by atoms with Gasteiger partial charge in [-0.2, -0.15) is 0 Å². The van der Waals surface area contributed by atoms with Crippen molar-refractivity contribution in [3.05, 3.63) is 0 Å². The number of amides is 2. The topological polar surface area (TPSA) is 170 Å². The van der Waals surface area contributed by atoms with Crippen LogP contribution in [0.4, 0.5) is 0 Å². The number of carbonyl (C=O) groups is 6. The zero-order valence-electron chi connectivity index (χ0n) is 72.3. The van der Waals surface area contributed by atoms with Gasteiger partial charge in [0.15, 0.2) is 0 Å². The van der Waals surface area contributed by atoms with Gasteiger partial charge >= 0.3 is 23.9 Å². The molecule has 107 heavy (non-hydrogen) atoms. The second kappa shape index (κ2) is 82.2. The minimum Gasteiger partial charge on any atom is -0.465 e. The quantitative estimate of drug-likeness (QED) is 0.0256.